The summed E-state index contributed by atoms with van der Waals surface area (Å²) in [7, 11) is 0. The zero-order valence-electron chi connectivity index (χ0n) is 68.7. The average Bonchev–Trinajstić information content (AvgIpc) is 0.672. The average molecular weight is 1730 g/mol. The van der Waals surface area contributed by atoms with E-state index < -0.39 is 323 Å². The number of hydrogen-bond donors (Lipinski definition) is 18. The minimum Gasteiger partial charge on any atom is -0.479 e. The van der Waals surface area contributed by atoms with E-state index in [0.29, 0.717) is 51.4 Å². The van der Waals surface area contributed by atoms with Gasteiger partial charge in [-0.3, -0.25) is 14.4 Å². The molecular weight excluding hydrogens is 1600 g/mol. The quantitative estimate of drug-likeness (QED) is 0.0168. The van der Waals surface area contributed by atoms with E-state index in [-0.39, 0.29) is 24.2 Å². The van der Waals surface area contributed by atoms with Crippen LogP contribution < -0.4 is 0 Å². The highest BCUT2D eigenvalue weighted by molar-refractivity contribution is 5.79. The molecule has 41 nitrogen and oxygen atoms in total. The largest absolute Gasteiger partial charge is 0.479 e. The van der Waals surface area contributed by atoms with E-state index in [0.717, 1.165) is 25.7 Å². The zero-order valence-corrected chi connectivity index (χ0v) is 68.7. The first-order chi connectivity index (χ1) is 56.3. The van der Waals surface area contributed by atoms with E-state index in [4.69, 9.17) is 85.3 Å². The number of fused-ring (bicyclic) bond motifs is 7. The van der Waals surface area contributed by atoms with Crippen LogP contribution in [-0.4, -0.2) is 382 Å². The van der Waals surface area contributed by atoms with Crippen molar-refractivity contribution in [2.24, 2.45) is 50.2 Å². The number of carboxylic acid groups (broad SMARTS) is 1. The molecule has 0 bridgehead atoms. The number of ether oxygens (including phenoxy) is 18. The van der Waals surface area contributed by atoms with Crippen LogP contribution in [0.5, 0.6) is 0 Å². The van der Waals surface area contributed by atoms with Gasteiger partial charge < -0.3 is 182 Å². The molecule has 684 valence electrons. The Morgan fingerprint density at radius 2 is 0.967 bits per heavy atom. The predicted octanol–water partition coefficient (Wildman–Crippen LogP) is -5.33. The van der Waals surface area contributed by atoms with Gasteiger partial charge >= 0.3 is 23.9 Å². The lowest BCUT2D eigenvalue weighted by molar-refractivity contribution is -0.391. The third-order valence-corrected chi connectivity index (χ3v) is 29.1. The van der Waals surface area contributed by atoms with Crippen molar-refractivity contribution in [3.63, 3.8) is 0 Å². The number of aliphatic carboxylic acids is 1. The van der Waals surface area contributed by atoms with E-state index in [2.05, 4.69) is 40.7 Å². The molecule has 41 heteroatoms. The van der Waals surface area contributed by atoms with Gasteiger partial charge in [0, 0.05) is 13.8 Å². The van der Waals surface area contributed by atoms with Crippen molar-refractivity contribution in [3.8, 4) is 0 Å². The highest BCUT2D eigenvalue weighted by Gasteiger charge is 2.72. The van der Waals surface area contributed by atoms with E-state index in [1.807, 2.05) is 0 Å². The fourth-order valence-corrected chi connectivity index (χ4v) is 21.9. The maximum Gasteiger partial charge on any atom is 0.335 e. The number of aldehydes is 1. The Kier molecular flexibility index (Phi) is 28.0. The number of carbonyl (C=O) groups is 5. The highest BCUT2D eigenvalue weighted by Crippen LogP contribution is 2.76. The normalized spacial score (nSPS) is 52.8. The van der Waals surface area contributed by atoms with Crippen LogP contribution in [0.25, 0.3) is 0 Å². The summed E-state index contributed by atoms with van der Waals surface area (Å²) in [6.45, 7) is 16.5. The summed E-state index contributed by atoms with van der Waals surface area (Å²) < 4.78 is 109. The van der Waals surface area contributed by atoms with E-state index in [1.165, 1.54) is 20.8 Å². The topological polar surface area (TPSA) is 616 Å². The monoisotopic (exact) mass is 1730 g/mol. The van der Waals surface area contributed by atoms with Gasteiger partial charge in [0.15, 0.2) is 68.4 Å². The second-order valence-electron chi connectivity index (χ2n) is 37.0. The van der Waals surface area contributed by atoms with E-state index in [1.54, 1.807) is 6.92 Å². The number of rotatable bonds is 21. The van der Waals surface area contributed by atoms with Crippen LogP contribution in [0, 0.1) is 50.2 Å². The third-order valence-electron chi connectivity index (χ3n) is 29.1. The van der Waals surface area contributed by atoms with Gasteiger partial charge in [0.25, 0.3) is 0 Å². The van der Waals surface area contributed by atoms with Gasteiger partial charge in [-0.05, 0) is 124 Å². The number of esters is 3. The van der Waals surface area contributed by atoms with Crippen molar-refractivity contribution in [1.82, 2.24) is 0 Å². The Hall–Kier alpha value is -3.99. The maximum absolute atomic E-state index is 16.3. The van der Waals surface area contributed by atoms with Gasteiger partial charge in [-0.25, -0.2) is 4.79 Å². The van der Waals surface area contributed by atoms with Crippen molar-refractivity contribution in [3.05, 3.63) is 11.6 Å². The summed E-state index contributed by atoms with van der Waals surface area (Å²) in [6, 6.07) is 0. The van der Waals surface area contributed by atoms with Crippen LogP contribution in [0.2, 0.25) is 0 Å². The van der Waals surface area contributed by atoms with Crippen molar-refractivity contribution in [1.29, 1.82) is 0 Å². The molecule has 13 aliphatic rings. The summed E-state index contributed by atoms with van der Waals surface area (Å²) in [4.78, 5) is 69.8. The predicted molar refractivity (Wildman–Crippen MR) is 391 cm³/mol. The van der Waals surface area contributed by atoms with Gasteiger partial charge in [0.2, 0.25) is 6.29 Å². The van der Waals surface area contributed by atoms with Gasteiger partial charge in [-0.1, -0.05) is 53.2 Å². The summed E-state index contributed by atoms with van der Waals surface area (Å²) >= 11 is 0. The molecule has 0 aromatic heterocycles. The Balaban J connectivity index is 0.775. The van der Waals surface area contributed by atoms with Crippen LogP contribution in [0.1, 0.15) is 140 Å². The molecular formula is C79H122O41. The molecule has 5 aliphatic carbocycles. The number of aliphatic hydroxyl groups excluding tert-OH is 17. The van der Waals surface area contributed by atoms with E-state index >= 15 is 4.79 Å². The maximum atomic E-state index is 16.3. The lowest BCUT2D eigenvalue weighted by Gasteiger charge is -2.71. The Morgan fingerprint density at radius 3 is 1.58 bits per heavy atom. The van der Waals surface area contributed by atoms with Crippen molar-refractivity contribution in [2.45, 2.75) is 374 Å². The summed E-state index contributed by atoms with van der Waals surface area (Å²) in [6.07, 6.45) is -60.4. The smallest absolute Gasteiger partial charge is 0.335 e. The summed E-state index contributed by atoms with van der Waals surface area (Å²) in [5.41, 5.74) is -4.03. The molecule has 12 fully saturated rings. The number of aliphatic hydroxyl groups is 17. The second kappa shape index (κ2) is 35.9. The lowest BCUT2D eigenvalue weighted by atomic mass is 9.33. The Morgan fingerprint density at radius 1 is 0.450 bits per heavy atom. The van der Waals surface area contributed by atoms with Gasteiger partial charge in [0.1, 0.15) is 141 Å². The Labute approximate surface area is 691 Å². The molecule has 0 spiro atoms. The summed E-state index contributed by atoms with van der Waals surface area (Å²) in [5.74, 6) is -5.49. The van der Waals surface area contributed by atoms with Crippen molar-refractivity contribution in [2.75, 3.05) is 26.4 Å². The highest BCUT2D eigenvalue weighted by atomic mass is 16.8. The first-order valence-electron chi connectivity index (χ1n) is 41.5. The number of hydrogen-bond acceptors (Lipinski definition) is 40. The van der Waals surface area contributed by atoms with Gasteiger partial charge in [0.05, 0.1) is 61.7 Å². The molecule has 0 radical (unpaired) electrons. The molecule has 4 saturated carbocycles. The molecule has 8 heterocycles. The molecule has 120 heavy (non-hydrogen) atoms. The number of allylic oxidation sites excluding steroid dienone is 2. The van der Waals surface area contributed by atoms with Crippen LogP contribution in [-0.2, 0) is 109 Å². The second-order valence-corrected chi connectivity index (χ2v) is 37.0. The molecule has 0 amide bonds. The van der Waals surface area contributed by atoms with Crippen LogP contribution in [0.3, 0.4) is 0 Å². The minimum atomic E-state index is -2.23. The third kappa shape index (κ3) is 17.0. The number of carboxylic acids is 1. The first kappa shape index (κ1) is 93.6. The number of carbonyl (C=O) groups excluding carboxylic acids is 4. The van der Waals surface area contributed by atoms with Gasteiger partial charge in [-0.15, -0.1) is 0 Å². The molecule has 0 unspecified atom stereocenters. The molecule has 8 aliphatic heterocycles. The first-order valence-corrected chi connectivity index (χ1v) is 41.5. The molecule has 0 aromatic rings. The fraction of sp³-hybridized carbons (Fsp3) is 0.911. The zero-order chi connectivity index (χ0) is 87.6. The Bertz CT molecular complexity index is 3620. The fourth-order valence-electron chi connectivity index (χ4n) is 21.9. The SMILES string of the molecule is CC(=O)O[C@@H]1[C@@H](O)[C@H](O[C@@H]2[C@H](OC(C)=O)[C@@H](O[C@@H]3O[C@@H](C)[C@H](O[C@@H]4OC[C@@H](O[C@@H]5OC[C@@H](O)[C@H](O)[C@H]5O)[C@H](O)[C@H]4O)[C@@H](O)[C@H]3O)[C@H](OC(=O)[C@]34CCC(C)(C)C[C@H]3C3=CC[C@@H]5[C@@]6(C)CC[C@H](O[C@@H]7O[C@H](C(=O)O)[C@@H](O)[C@H](O[C@@H]8OC[C@@H](O)[C@H](O)[C@H]8O)[C@H]7O[C@@H]7O[C@H](CO)[C@H](O)[C@H](O)[C@H]7O)[C@@](C)(C=O)[C@@H]6CC[C@@]5(C)[C@]3(C)CC4)O[C@@H]2C)O[C@H](C)[C@H]1O. The van der Waals surface area contributed by atoms with E-state index in [9.17, 15) is 111 Å². The summed E-state index contributed by atoms with van der Waals surface area (Å²) in [5, 5.41) is 198. The molecule has 13 rings (SSSR count). The van der Waals surface area contributed by atoms with Crippen LogP contribution in [0.4, 0.5) is 0 Å². The minimum absolute atomic E-state index is 0.104. The van der Waals surface area contributed by atoms with Crippen molar-refractivity contribution >= 4 is 30.2 Å². The molecule has 0 aromatic carbocycles. The van der Waals surface area contributed by atoms with Crippen molar-refractivity contribution < 1.29 is 201 Å². The molecule has 8 saturated heterocycles. The molecule has 18 N–H and O–H groups in total. The van der Waals surface area contributed by atoms with Crippen LogP contribution >= 0.6 is 0 Å². The van der Waals surface area contributed by atoms with Crippen LogP contribution in [0.15, 0.2) is 11.6 Å². The molecule has 46 atom stereocenters. The lowest BCUT2D eigenvalue weighted by Crippen LogP contribution is -2.69. The standard InChI is InChI=1S/C79H122O41/c1-28-42(86)58(109-31(4)82)55(99)70(106-28)115-57-30(3)108-71(63(61(57)110-32(5)83)119-68-53(97)48(92)56(29(2)107-68)114-67-51(95)46(90)38(26-105-67)112-65-49(93)43(87)35(84)24-103-65)120-73(102)79-20-18-74(6,7)22-34(79)33-12-13-40-75(8)16-15-41(76(9,27-81)39(75)14-17-78(40,11)77(33,10)19-21-79)113-72-62(118-69-52(96)47(91)45(89)37(23-80)111-69)59(54(98)60(117-72)64(100)101)116-66-50(94)44(88)36(85)25-104-66/h12,27-30,34-63,65-72,80,84-99H,13-26H2,1-11H3,(H,100,101)/t28-,29+,30-,34+,35-,36-,37-,38-,39-,40-,41+,42-,43+,44+,45+,46+,47+,48+,49-,50-,51-,52-,53-,54+,55-,56+,57+,58+,59+,60+,61+,62-,63-,65+,66+,67+,68+,69+,70+,71+,72-,75+,76+,77-,78-,79+/m1/s1. The van der Waals surface area contributed by atoms with Gasteiger partial charge in [-0.2, -0.15) is 0 Å².